The third kappa shape index (κ3) is 3.28. The van der Waals surface area contributed by atoms with E-state index < -0.39 is 46.5 Å². The van der Waals surface area contributed by atoms with Gasteiger partial charge in [0.15, 0.2) is 17.2 Å². The van der Waals surface area contributed by atoms with Gasteiger partial charge in [0.1, 0.15) is 5.56 Å². The molecule has 7 nitrogen and oxygen atoms in total. The van der Waals surface area contributed by atoms with Crippen molar-refractivity contribution in [2.75, 3.05) is 5.32 Å². The lowest BCUT2D eigenvalue weighted by Gasteiger charge is -2.29. The molecule has 0 saturated carbocycles. The van der Waals surface area contributed by atoms with Gasteiger partial charge < -0.3 is 19.9 Å². The second-order valence-corrected chi connectivity index (χ2v) is 4.97. The van der Waals surface area contributed by atoms with Gasteiger partial charge in [-0.3, -0.25) is 0 Å². The van der Waals surface area contributed by atoms with Crippen LogP contribution in [-0.2, 0) is 19.1 Å². The number of esters is 2. The molecule has 1 fully saturated rings. The van der Waals surface area contributed by atoms with Crippen molar-refractivity contribution in [2.24, 2.45) is 0 Å². The summed E-state index contributed by atoms with van der Waals surface area (Å²) >= 11 is 0. The number of cyclic esters (lactones) is 2. The zero-order valence-corrected chi connectivity index (χ0v) is 12.0. The Labute approximate surface area is 128 Å². The molecular formula is C14H11F2NO6. The maximum atomic E-state index is 13.5. The number of nitrogens with one attached hydrogen (secondary N) is 1. The van der Waals surface area contributed by atoms with E-state index in [1.54, 1.807) is 0 Å². The van der Waals surface area contributed by atoms with E-state index in [1.807, 2.05) is 0 Å². The molecule has 0 atom stereocenters. The van der Waals surface area contributed by atoms with Gasteiger partial charge >= 0.3 is 17.9 Å². The molecule has 0 radical (unpaired) electrons. The van der Waals surface area contributed by atoms with Gasteiger partial charge in [0.2, 0.25) is 0 Å². The minimum absolute atomic E-state index is 0.352. The summed E-state index contributed by atoms with van der Waals surface area (Å²) in [5, 5.41) is 11.2. The van der Waals surface area contributed by atoms with Crippen LogP contribution in [-0.4, -0.2) is 28.8 Å². The van der Waals surface area contributed by atoms with Crippen molar-refractivity contribution < 1.29 is 37.7 Å². The Morgan fingerprint density at radius 2 is 1.78 bits per heavy atom. The minimum Gasteiger partial charge on any atom is -0.478 e. The van der Waals surface area contributed by atoms with Crippen molar-refractivity contribution in [3.8, 4) is 0 Å². The van der Waals surface area contributed by atoms with E-state index in [2.05, 4.69) is 5.32 Å². The van der Waals surface area contributed by atoms with Crippen LogP contribution in [0.5, 0.6) is 0 Å². The Morgan fingerprint density at radius 1 is 1.22 bits per heavy atom. The molecule has 0 aliphatic carbocycles. The Balaban J connectivity index is 2.34. The summed E-state index contributed by atoms with van der Waals surface area (Å²) in [6.07, 6.45) is 0.805. The fourth-order valence-corrected chi connectivity index (χ4v) is 1.81. The van der Waals surface area contributed by atoms with E-state index in [-0.39, 0.29) is 5.69 Å². The number of rotatable bonds is 3. The molecule has 0 bridgehead atoms. The first-order valence-corrected chi connectivity index (χ1v) is 6.27. The normalized spacial score (nSPS) is 16.4. The number of carbonyl (C=O) groups excluding carboxylic acids is 2. The smallest absolute Gasteiger partial charge is 0.350 e. The average molecular weight is 327 g/mol. The van der Waals surface area contributed by atoms with Gasteiger partial charge in [-0.1, -0.05) is 0 Å². The molecule has 2 rings (SSSR count). The quantitative estimate of drug-likeness (QED) is 0.496. The van der Waals surface area contributed by atoms with Crippen LogP contribution in [0.2, 0.25) is 0 Å². The number of anilines is 1. The van der Waals surface area contributed by atoms with Crippen LogP contribution < -0.4 is 5.32 Å². The zero-order valence-electron chi connectivity index (χ0n) is 12.0. The van der Waals surface area contributed by atoms with Crippen molar-refractivity contribution in [1.82, 2.24) is 0 Å². The molecule has 2 N–H and O–H groups in total. The molecule has 0 spiro atoms. The Morgan fingerprint density at radius 3 is 2.30 bits per heavy atom. The first-order valence-electron chi connectivity index (χ1n) is 6.27. The van der Waals surface area contributed by atoms with Crippen LogP contribution >= 0.6 is 0 Å². The molecule has 1 heterocycles. The average Bonchev–Trinajstić information content (AvgIpc) is 2.39. The van der Waals surface area contributed by atoms with Crippen molar-refractivity contribution >= 4 is 23.6 Å². The Bertz CT molecular complexity index is 719. The monoisotopic (exact) mass is 327 g/mol. The lowest BCUT2D eigenvalue weighted by atomic mass is 10.1. The fraction of sp³-hybridized carbons (Fsp3) is 0.214. The molecule has 0 unspecified atom stereocenters. The first-order chi connectivity index (χ1) is 10.6. The number of carboxylic acid groups (broad SMARTS) is 1. The number of carbonyl (C=O) groups is 3. The van der Waals surface area contributed by atoms with Gasteiger partial charge in [-0.05, 0) is 12.1 Å². The largest absolute Gasteiger partial charge is 0.478 e. The van der Waals surface area contributed by atoms with Crippen molar-refractivity contribution in [1.29, 1.82) is 0 Å². The van der Waals surface area contributed by atoms with E-state index in [9.17, 15) is 23.2 Å². The SMILES string of the molecule is CC1(C)OC(=O)C(=CNc2ccc(F)c(F)c2C(=O)O)C(=O)O1. The second-order valence-electron chi connectivity index (χ2n) is 4.97. The summed E-state index contributed by atoms with van der Waals surface area (Å²) < 4.78 is 36.3. The Hall–Kier alpha value is -2.97. The molecule has 1 aromatic carbocycles. The van der Waals surface area contributed by atoms with Crippen molar-refractivity contribution in [2.45, 2.75) is 19.6 Å². The van der Waals surface area contributed by atoms with Gasteiger partial charge in [-0.15, -0.1) is 0 Å². The molecule has 1 saturated heterocycles. The molecule has 1 aromatic rings. The second kappa shape index (κ2) is 5.67. The van der Waals surface area contributed by atoms with E-state index in [0.29, 0.717) is 6.07 Å². The third-order valence-electron chi connectivity index (χ3n) is 2.80. The molecule has 1 aliphatic heterocycles. The van der Waals surface area contributed by atoms with E-state index in [1.165, 1.54) is 13.8 Å². The lowest BCUT2D eigenvalue weighted by molar-refractivity contribution is -0.222. The number of carboxylic acids is 1. The van der Waals surface area contributed by atoms with Crippen LogP contribution in [0, 0.1) is 11.6 Å². The number of halogens is 2. The first kappa shape index (κ1) is 16.4. The van der Waals surface area contributed by atoms with Crippen LogP contribution in [0.1, 0.15) is 24.2 Å². The molecule has 1 aliphatic rings. The molecule has 9 heteroatoms. The van der Waals surface area contributed by atoms with Gasteiger partial charge in [-0.25, -0.2) is 23.2 Å². The molecule has 0 aromatic heterocycles. The van der Waals surface area contributed by atoms with Crippen LogP contribution in [0.4, 0.5) is 14.5 Å². The number of aromatic carboxylic acids is 1. The maximum absolute atomic E-state index is 13.5. The number of ether oxygens (including phenoxy) is 2. The highest BCUT2D eigenvalue weighted by Crippen LogP contribution is 2.25. The third-order valence-corrected chi connectivity index (χ3v) is 2.80. The molecule has 0 amide bonds. The predicted molar refractivity (Wildman–Crippen MR) is 71.3 cm³/mol. The van der Waals surface area contributed by atoms with Crippen molar-refractivity contribution in [3.63, 3.8) is 0 Å². The lowest BCUT2D eigenvalue weighted by Crippen LogP contribution is -2.42. The highest BCUT2D eigenvalue weighted by Gasteiger charge is 2.39. The highest BCUT2D eigenvalue weighted by molar-refractivity contribution is 6.15. The van der Waals surface area contributed by atoms with Gasteiger partial charge in [-0.2, -0.15) is 0 Å². The molecular weight excluding hydrogens is 316 g/mol. The number of hydrogen-bond acceptors (Lipinski definition) is 6. The van der Waals surface area contributed by atoms with Crippen molar-refractivity contribution in [3.05, 3.63) is 41.1 Å². The summed E-state index contributed by atoms with van der Waals surface area (Å²) in [7, 11) is 0. The fourth-order valence-electron chi connectivity index (χ4n) is 1.81. The summed E-state index contributed by atoms with van der Waals surface area (Å²) in [6.45, 7) is 2.70. The van der Waals surface area contributed by atoms with Gasteiger partial charge in [0.05, 0.1) is 5.69 Å². The van der Waals surface area contributed by atoms with E-state index in [0.717, 1.165) is 12.3 Å². The van der Waals surface area contributed by atoms with Crippen LogP contribution in [0.15, 0.2) is 23.9 Å². The van der Waals surface area contributed by atoms with Crippen LogP contribution in [0.25, 0.3) is 0 Å². The summed E-state index contributed by atoms with van der Waals surface area (Å²) in [5.74, 6) is -8.08. The van der Waals surface area contributed by atoms with E-state index in [4.69, 9.17) is 14.6 Å². The molecule has 23 heavy (non-hydrogen) atoms. The Kier molecular flexibility index (Phi) is 4.04. The standard InChI is InChI=1S/C14H11F2NO6/c1-14(2)22-12(20)6(13(21)23-14)5-17-8-4-3-7(15)10(16)9(8)11(18)19/h3-5,17H,1-2H3,(H,18,19). The minimum atomic E-state index is -1.72. The maximum Gasteiger partial charge on any atom is 0.350 e. The highest BCUT2D eigenvalue weighted by atomic mass is 19.2. The summed E-state index contributed by atoms with van der Waals surface area (Å²) in [5.41, 5.74) is -1.88. The number of benzene rings is 1. The van der Waals surface area contributed by atoms with Crippen LogP contribution in [0.3, 0.4) is 0 Å². The molecule has 122 valence electrons. The number of hydrogen-bond donors (Lipinski definition) is 2. The topological polar surface area (TPSA) is 102 Å². The van der Waals surface area contributed by atoms with E-state index >= 15 is 0 Å². The van der Waals surface area contributed by atoms with Gasteiger partial charge in [0, 0.05) is 20.0 Å². The predicted octanol–water partition coefficient (Wildman–Crippen LogP) is 1.79. The zero-order chi connectivity index (χ0) is 17.4. The summed E-state index contributed by atoms with van der Waals surface area (Å²) in [4.78, 5) is 34.4. The van der Waals surface area contributed by atoms with Gasteiger partial charge in [0.25, 0.3) is 5.79 Å². The summed E-state index contributed by atoms with van der Waals surface area (Å²) in [6, 6.07) is 1.64.